The van der Waals surface area contributed by atoms with Gasteiger partial charge in [-0.2, -0.15) is 0 Å². The van der Waals surface area contributed by atoms with Crippen LogP contribution in [0.4, 0.5) is 0 Å². The molecule has 52 heavy (non-hydrogen) atoms. The van der Waals surface area contributed by atoms with E-state index in [1.165, 1.54) is 109 Å². The summed E-state index contributed by atoms with van der Waals surface area (Å²) in [7, 11) is 1.23. The van der Waals surface area contributed by atoms with E-state index < -0.39 is 26.6 Å². The zero-order valence-corrected chi connectivity index (χ0v) is 35.4. The minimum atomic E-state index is -4.58. The average molecular weight is 755 g/mol. The van der Waals surface area contributed by atoms with Crippen LogP contribution in [0.3, 0.4) is 0 Å². The van der Waals surface area contributed by atoms with E-state index in [0.717, 1.165) is 51.4 Å². The van der Waals surface area contributed by atoms with Gasteiger partial charge in [0.05, 0.1) is 39.9 Å². The molecule has 0 aliphatic heterocycles. The van der Waals surface area contributed by atoms with Gasteiger partial charge in [0.15, 0.2) is 0 Å². The van der Waals surface area contributed by atoms with Crippen LogP contribution in [0.5, 0.6) is 0 Å². The summed E-state index contributed by atoms with van der Waals surface area (Å²) in [6, 6.07) is -0.903. The monoisotopic (exact) mass is 755 g/mol. The summed E-state index contributed by atoms with van der Waals surface area (Å²) in [5, 5.41) is 13.6. The summed E-state index contributed by atoms with van der Waals surface area (Å²) in [4.78, 5) is 25.0. The highest BCUT2D eigenvalue weighted by atomic mass is 31.2. The summed E-state index contributed by atoms with van der Waals surface area (Å²) in [6.07, 6.45) is 42.4. The van der Waals surface area contributed by atoms with Gasteiger partial charge >= 0.3 is 0 Å². The van der Waals surface area contributed by atoms with Crippen LogP contribution in [0.2, 0.25) is 0 Å². The predicted molar refractivity (Wildman–Crippen MR) is 219 cm³/mol. The normalized spacial score (nSPS) is 14.8. The number of allylic oxidation sites excluding steroid dienone is 5. The molecule has 0 aliphatic carbocycles. The van der Waals surface area contributed by atoms with Crippen molar-refractivity contribution in [3.05, 3.63) is 36.5 Å². The molecular weight excluding hydrogens is 671 g/mol. The number of hydrogen-bond acceptors (Lipinski definition) is 6. The lowest BCUT2D eigenvalue weighted by molar-refractivity contribution is -0.870. The van der Waals surface area contributed by atoms with Crippen LogP contribution in [0.1, 0.15) is 181 Å². The van der Waals surface area contributed by atoms with E-state index in [-0.39, 0.29) is 12.5 Å². The van der Waals surface area contributed by atoms with E-state index in [2.05, 4.69) is 43.5 Å². The maximum Gasteiger partial charge on any atom is 0.268 e. The molecule has 0 aromatic heterocycles. The van der Waals surface area contributed by atoms with E-state index in [4.69, 9.17) is 9.05 Å². The highest BCUT2D eigenvalue weighted by Gasteiger charge is 2.23. The molecule has 0 bridgehead atoms. The van der Waals surface area contributed by atoms with E-state index in [1.54, 1.807) is 6.08 Å². The van der Waals surface area contributed by atoms with Crippen molar-refractivity contribution in [1.82, 2.24) is 5.32 Å². The molecule has 0 saturated heterocycles. The summed E-state index contributed by atoms with van der Waals surface area (Å²) < 4.78 is 23.0. The number of amides is 1. The molecule has 3 unspecified atom stereocenters. The molecule has 0 aromatic rings. The van der Waals surface area contributed by atoms with Crippen molar-refractivity contribution >= 4 is 13.7 Å². The number of nitrogens with one attached hydrogen (secondary N) is 1. The number of aliphatic hydroxyl groups excluding tert-OH is 1. The largest absolute Gasteiger partial charge is 0.756 e. The first-order valence-corrected chi connectivity index (χ1v) is 22.8. The van der Waals surface area contributed by atoms with Crippen molar-refractivity contribution in [2.75, 3.05) is 40.9 Å². The third kappa shape index (κ3) is 37.1. The quantitative estimate of drug-likeness (QED) is 0.0281. The van der Waals surface area contributed by atoms with Crippen LogP contribution >= 0.6 is 7.82 Å². The van der Waals surface area contributed by atoms with Gasteiger partial charge < -0.3 is 28.8 Å². The summed E-state index contributed by atoms with van der Waals surface area (Å²) in [5.74, 6) is -0.222. The number of carbonyl (C=O) groups is 1. The fourth-order valence-corrected chi connectivity index (χ4v) is 6.61. The first kappa shape index (κ1) is 50.7. The van der Waals surface area contributed by atoms with Gasteiger partial charge in [0, 0.05) is 6.42 Å². The Morgan fingerprint density at radius 3 is 1.56 bits per heavy atom. The van der Waals surface area contributed by atoms with Crippen molar-refractivity contribution in [2.24, 2.45) is 0 Å². The first-order chi connectivity index (χ1) is 25.0. The number of phosphoric ester groups is 1. The average Bonchev–Trinajstić information content (AvgIpc) is 3.09. The van der Waals surface area contributed by atoms with Crippen molar-refractivity contribution < 1.29 is 32.9 Å². The molecule has 0 spiro atoms. The smallest absolute Gasteiger partial charge is 0.268 e. The lowest BCUT2D eigenvalue weighted by atomic mass is 10.0. The van der Waals surface area contributed by atoms with Gasteiger partial charge in [-0.3, -0.25) is 9.36 Å². The Balaban J connectivity index is 4.28. The number of phosphoric acid groups is 1. The maximum atomic E-state index is 12.6. The molecule has 0 aliphatic rings. The summed E-state index contributed by atoms with van der Waals surface area (Å²) in [6.45, 7) is 4.54. The fraction of sp³-hybridized carbons (Fsp3) is 0.837. The standard InChI is InChI=1S/C43H83N2O6P/c1-6-8-10-12-14-15-16-17-18-19-20-21-22-23-24-25-26-27-28-29-30-31-32-34-36-42(46)41(44-43(47)37-35-33-13-11-9-7-2)40-51-52(48,49)50-39-38-45(3,4)5/h25-26,29-30,34,36,41-42,46H,6-24,27-28,31-33,35,37-40H2,1-5H3,(H-,44,47,48,49)/b26-25+,30-29+,36-34+. The second-order valence-electron chi connectivity index (χ2n) is 15.7. The number of carbonyl (C=O) groups excluding carboxylic acids is 1. The van der Waals surface area contributed by atoms with E-state index in [1.807, 2.05) is 27.2 Å². The Morgan fingerprint density at radius 1 is 0.654 bits per heavy atom. The third-order valence-electron chi connectivity index (χ3n) is 9.33. The van der Waals surface area contributed by atoms with Crippen molar-refractivity contribution in [3.8, 4) is 0 Å². The van der Waals surface area contributed by atoms with Crippen molar-refractivity contribution in [2.45, 2.75) is 193 Å². The Labute approximate surface area is 321 Å². The zero-order valence-electron chi connectivity index (χ0n) is 34.5. The topological polar surface area (TPSA) is 108 Å². The van der Waals surface area contributed by atoms with E-state index in [0.29, 0.717) is 17.4 Å². The Morgan fingerprint density at radius 2 is 1.08 bits per heavy atom. The van der Waals surface area contributed by atoms with Crippen molar-refractivity contribution in [3.63, 3.8) is 0 Å². The number of likely N-dealkylation sites (N-methyl/N-ethyl adjacent to an activating group) is 1. The Kier molecular flexibility index (Phi) is 34.6. The molecule has 0 heterocycles. The molecule has 306 valence electrons. The number of nitrogens with zero attached hydrogens (tertiary/aromatic N) is 1. The lowest BCUT2D eigenvalue weighted by Gasteiger charge is -2.29. The minimum Gasteiger partial charge on any atom is -0.756 e. The molecule has 0 fully saturated rings. The van der Waals surface area contributed by atoms with Crippen LogP contribution < -0.4 is 10.2 Å². The number of aliphatic hydroxyl groups is 1. The molecular formula is C43H83N2O6P. The van der Waals surface area contributed by atoms with E-state index in [9.17, 15) is 19.4 Å². The van der Waals surface area contributed by atoms with Crippen LogP contribution in [-0.2, 0) is 18.4 Å². The number of quaternary nitrogens is 1. The van der Waals surface area contributed by atoms with Gasteiger partial charge in [-0.25, -0.2) is 0 Å². The number of hydrogen-bond donors (Lipinski definition) is 2. The second kappa shape index (κ2) is 35.4. The van der Waals surface area contributed by atoms with Gasteiger partial charge in [-0.1, -0.05) is 166 Å². The predicted octanol–water partition coefficient (Wildman–Crippen LogP) is 10.9. The Bertz CT molecular complexity index is 948. The minimum absolute atomic E-state index is 0.00880. The van der Waals surface area contributed by atoms with E-state index >= 15 is 0 Å². The first-order valence-electron chi connectivity index (χ1n) is 21.4. The molecule has 0 aromatic carbocycles. The molecule has 8 nitrogen and oxygen atoms in total. The third-order valence-corrected chi connectivity index (χ3v) is 10.3. The Hall–Kier alpha value is -1.28. The second-order valence-corrected chi connectivity index (χ2v) is 17.1. The maximum absolute atomic E-state index is 12.6. The molecule has 9 heteroatoms. The van der Waals surface area contributed by atoms with Gasteiger partial charge in [0.1, 0.15) is 13.2 Å². The highest BCUT2D eigenvalue weighted by molar-refractivity contribution is 7.45. The number of unbranched alkanes of at least 4 members (excludes halogenated alkanes) is 21. The van der Waals surface area contributed by atoms with Crippen LogP contribution in [0.25, 0.3) is 0 Å². The van der Waals surface area contributed by atoms with Crippen molar-refractivity contribution in [1.29, 1.82) is 0 Å². The summed E-state index contributed by atoms with van der Waals surface area (Å²) >= 11 is 0. The molecule has 3 atom stereocenters. The van der Waals surface area contributed by atoms with Crippen LogP contribution in [0, 0.1) is 0 Å². The fourth-order valence-electron chi connectivity index (χ4n) is 5.89. The lowest BCUT2D eigenvalue weighted by Crippen LogP contribution is -2.45. The SMILES string of the molecule is CCCCCCCCCCCCCCCC/C=C/CC/C=C/CC/C=C/C(O)C(COP(=O)([O-])OCC[N+](C)(C)C)NC(=O)CCCCCCCC. The van der Waals surface area contributed by atoms with Gasteiger partial charge in [-0.05, 0) is 44.9 Å². The van der Waals surface area contributed by atoms with Gasteiger partial charge in [0.2, 0.25) is 5.91 Å². The number of rotatable bonds is 38. The van der Waals surface area contributed by atoms with Crippen LogP contribution in [-0.4, -0.2) is 68.5 Å². The summed E-state index contributed by atoms with van der Waals surface area (Å²) in [5.41, 5.74) is 0. The van der Waals surface area contributed by atoms with Gasteiger partial charge in [0.25, 0.3) is 7.82 Å². The zero-order chi connectivity index (χ0) is 38.6. The van der Waals surface area contributed by atoms with Gasteiger partial charge in [-0.15, -0.1) is 0 Å². The molecule has 0 radical (unpaired) electrons. The molecule has 1 amide bonds. The molecule has 0 saturated carbocycles. The highest BCUT2D eigenvalue weighted by Crippen LogP contribution is 2.38. The molecule has 2 N–H and O–H groups in total. The molecule has 0 rings (SSSR count). The van der Waals surface area contributed by atoms with Crippen LogP contribution in [0.15, 0.2) is 36.5 Å².